The van der Waals surface area contributed by atoms with E-state index in [4.69, 9.17) is 19.1 Å². The molecular weight excluding hydrogens is 339 g/mol. The van der Waals surface area contributed by atoms with Crippen molar-refractivity contribution in [2.75, 3.05) is 7.11 Å². The van der Waals surface area contributed by atoms with E-state index in [9.17, 15) is 0 Å². The summed E-state index contributed by atoms with van der Waals surface area (Å²) in [4.78, 5) is 0. The molecule has 140 valence electrons. The van der Waals surface area contributed by atoms with Crippen LogP contribution in [-0.2, 0) is 16.4 Å². The van der Waals surface area contributed by atoms with E-state index in [0.29, 0.717) is 0 Å². The number of rotatable bonds is 3. The van der Waals surface area contributed by atoms with Crippen molar-refractivity contribution >= 4 is 23.5 Å². The van der Waals surface area contributed by atoms with Gasteiger partial charge in [0.2, 0.25) is 0 Å². The summed E-state index contributed by atoms with van der Waals surface area (Å²) >= 11 is 0. The molecule has 0 unspecified atom stereocenters. The molecule has 1 saturated heterocycles. The number of ether oxygens (including phenoxy) is 1. The van der Waals surface area contributed by atoms with Gasteiger partial charge in [-0.1, -0.05) is 24.3 Å². The van der Waals surface area contributed by atoms with Crippen LogP contribution in [0.25, 0.3) is 22.2 Å². The van der Waals surface area contributed by atoms with Crippen LogP contribution in [0.4, 0.5) is 0 Å². The van der Waals surface area contributed by atoms with Gasteiger partial charge in [0, 0.05) is 18.0 Å². The van der Waals surface area contributed by atoms with Crippen LogP contribution >= 0.6 is 0 Å². The Bertz CT molecular complexity index is 994. The minimum atomic E-state index is -0.391. The molecule has 4 rings (SSSR count). The second-order valence-corrected chi connectivity index (χ2v) is 8.07. The predicted octanol–water partition coefficient (Wildman–Crippen LogP) is 3.55. The summed E-state index contributed by atoms with van der Waals surface area (Å²) in [5.74, 6) is 0.813. The van der Waals surface area contributed by atoms with Crippen molar-refractivity contribution in [1.82, 2.24) is 9.78 Å². The van der Waals surface area contributed by atoms with Gasteiger partial charge >= 0.3 is 7.12 Å². The van der Waals surface area contributed by atoms with E-state index in [2.05, 4.69) is 45.9 Å². The third-order valence-corrected chi connectivity index (χ3v) is 5.74. The predicted molar refractivity (Wildman–Crippen MR) is 108 cm³/mol. The van der Waals surface area contributed by atoms with Gasteiger partial charge < -0.3 is 14.0 Å². The zero-order valence-electron chi connectivity index (χ0n) is 16.7. The number of aromatic nitrogens is 2. The quantitative estimate of drug-likeness (QED) is 0.667. The number of hydrogen-bond donors (Lipinski definition) is 0. The lowest BCUT2D eigenvalue weighted by atomic mass is 9.78. The van der Waals surface area contributed by atoms with Crippen LogP contribution in [0.1, 0.15) is 27.7 Å². The Morgan fingerprint density at radius 3 is 2.37 bits per heavy atom. The number of aryl methyl sites for hydroxylation is 1. The van der Waals surface area contributed by atoms with Gasteiger partial charge in [-0.2, -0.15) is 5.10 Å². The van der Waals surface area contributed by atoms with Crippen molar-refractivity contribution in [3.8, 4) is 17.0 Å². The summed E-state index contributed by atoms with van der Waals surface area (Å²) < 4.78 is 19.7. The fourth-order valence-electron chi connectivity index (χ4n) is 3.39. The van der Waals surface area contributed by atoms with Gasteiger partial charge in [-0.05, 0) is 51.4 Å². The molecule has 3 aromatic rings. The average Bonchev–Trinajstić information content (AvgIpc) is 3.07. The summed E-state index contributed by atoms with van der Waals surface area (Å²) in [6.45, 7) is 8.27. The van der Waals surface area contributed by atoms with Crippen molar-refractivity contribution in [3.63, 3.8) is 0 Å². The van der Waals surface area contributed by atoms with Crippen LogP contribution in [0.2, 0.25) is 0 Å². The SMILES string of the molecule is COc1cccc(-c2nn(C)c3ccc(B4OC(C)(C)C(C)(C)O4)cc23)c1. The standard InChI is InChI=1S/C21H25BN2O3/c1-20(2)21(3,4)27-22(26-20)15-10-11-18-17(13-15)19(23-24(18)5)14-8-7-9-16(12-14)25-6/h7-13H,1-6H3. The van der Waals surface area contributed by atoms with E-state index in [1.165, 1.54) is 0 Å². The highest BCUT2D eigenvalue weighted by atomic mass is 16.7. The maximum absolute atomic E-state index is 6.22. The molecule has 27 heavy (non-hydrogen) atoms. The first-order chi connectivity index (χ1) is 12.7. The second-order valence-electron chi connectivity index (χ2n) is 8.07. The Morgan fingerprint density at radius 1 is 1.00 bits per heavy atom. The maximum Gasteiger partial charge on any atom is 0.494 e. The van der Waals surface area contributed by atoms with Crippen LogP contribution in [0.3, 0.4) is 0 Å². The summed E-state index contributed by atoms with van der Waals surface area (Å²) in [6, 6.07) is 14.2. The molecule has 0 amide bonds. The highest BCUT2D eigenvalue weighted by Gasteiger charge is 2.51. The van der Waals surface area contributed by atoms with Gasteiger partial charge in [-0.15, -0.1) is 0 Å². The Morgan fingerprint density at radius 2 is 1.70 bits per heavy atom. The number of nitrogens with zero attached hydrogens (tertiary/aromatic N) is 2. The molecule has 1 aromatic heterocycles. The van der Waals surface area contributed by atoms with Crippen LogP contribution in [0, 0.1) is 0 Å². The fourth-order valence-corrected chi connectivity index (χ4v) is 3.39. The molecule has 0 aliphatic carbocycles. The number of benzene rings is 2. The number of fused-ring (bicyclic) bond motifs is 1. The zero-order chi connectivity index (χ0) is 19.4. The zero-order valence-corrected chi connectivity index (χ0v) is 16.7. The van der Waals surface area contributed by atoms with Gasteiger partial charge in [0.15, 0.2) is 0 Å². The lowest BCUT2D eigenvalue weighted by molar-refractivity contribution is 0.00578. The summed E-state index contributed by atoms with van der Waals surface area (Å²) in [5.41, 5.74) is 3.27. The van der Waals surface area contributed by atoms with Gasteiger partial charge in [0.1, 0.15) is 11.4 Å². The van der Waals surface area contributed by atoms with Crippen LogP contribution < -0.4 is 10.2 Å². The molecule has 2 aromatic carbocycles. The van der Waals surface area contributed by atoms with E-state index in [-0.39, 0.29) is 11.2 Å². The van der Waals surface area contributed by atoms with E-state index in [1.807, 2.05) is 36.0 Å². The van der Waals surface area contributed by atoms with E-state index in [0.717, 1.165) is 33.4 Å². The summed E-state index contributed by atoms with van der Waals surface area (Å²) in [6.07, 6.45) is 0. The highest BCUT2D eigenvalue weighted by Crippen LogP contribution is 2.37. The molecule has 0 bridgehead atoms. The van der Waals surface area contributed by atoms with Crippen LogP contribution in [0.5, 0.6) is 5.75 Å². The van der Waals surface area contributed by atoms with Crippen molar-refractivity contribution in [1.29, 1.82) is 0 Å². The molecule has 2 heterocycles. The lowest BCUT2D eigenvalue weighted by Gasteiger charge is -2.32. The molecule has 0 radical (unpaired) electrons. The summed E-state index contributed by atoms with van der Waals surface area (Å²) in [5, 5.41) is 5.81. The smallest absolute Gasteiger partial charge is 0.494 e. The average molecular weight is 364 g/mol. The third-order valence-electron chi connectivity index (χ3n) is 5.74. The van der Waals surface area contributed by atoms with Crippen molar-refractivity contribution in [3.05, 3.63) is 42.5 Å². The first-order valence-corrected chi connectivity index (χ1v) is 9.18. The Kier molecular flexibility index (Phi) is 4.09. The molecule has 0 saturated carbocycles. The maximum atomic E-state index is 6.22. The van der Waals surface area contributed by atoms with Crippen molar-refractivity contribution in [2.24, 2.45) is 7.05 Å². The minimum absolute atomic E-state index is 0.364. The normalized spacial score (nSPS) is 18.2. The monoisotopic (exact) mass is 364 g/mol. The Hall–Kier alpha value is -2.31. The van der Waals surface area contributed by atoms with Crippen molar-refractivity contribution < 1.29 is 14.0 Å². The number of methoxy groups -OCH3 is 1. The minimum Gasteiger partial charge on any atom is -0.497 e. The third kappa shape index (κ3) is 2.93. The Balaban J connectivity index is 1.81. The highest BCUT2D eigenvalue weighted by molar-refractivity contribution is 6.62. The fraction of sp³-hybridized carbons (Fsp3) is 0.381. The molecule has 1 fully saturated rings. The second kappa shape index (κ2) is 6.11. The van der Waals surface area contributed by atoms with Gasteiger partial charge in [-0.25, -0.2) is 0 Å². The van der Waals surface area contributed by atoms with E-state index in [1.54, 1.807) is 7.11 Å². The largest absolute Gasteiger partial charge is 0.497 e. The van der Waals surface area contributed by atoms with Gasteiger partial charge in [-0.3, -0.25) is 4.68 Å². The topological polar surface area (TPSA) is 45.5 Å². The molecule has 6 heteroatoms. The number of hydrogen-bond acceptors (Lipinski definition) is 4. The molecule has 1 aliphatic heterocycles. The first-order valence-electron chi connectivity index (χ1n) is 9.18. The van der Waals surface area contributed by atoms with Gasteiger partial charge in [0.25, 0.3) is 0 Å². The summed E-state index contributed by atoms with van der Waals surface area (Å²) in [7, 11) is 3.24. The molecule has 5 nitrogen and oxygen atoms in total. The van der Waals surface area contributed by atoms with Gasteiger partial charge in [0.05, 0.1) is 23.8 Å². The van der Waals surface area contributed by atoms with Crippen molar-refractivity contribution in [2.45, 2.75) is 38.9 Å². The van der Waals surface area contributed by atoms with Crippen LogP contribution in [-0.4, -0.2) is 35.2 Å². The van der Waals surface area contributed by atoms with Crippen LogP contribution in [0.15, 0.2) is 42.5 Å². The Labute approximate surface area is 160 Å². The van der Waals surface area contributed by atoms with E-state index < -0.39 is 7.12 Å². The lowest BCUT2D eigenvalue weighted by Crippen LogP contribution is -2.41. The first kappa shape index (κ1) is 18.1. The molecular formula is C21H25BN2O3. The molecule has 0 spiro atoms. The van der Waals surface area contributed by atoms with E-state index >= 15 is 0 Å². The molecule has 0 N–H and O–H groups in total. The molecule has 0 atom stereocenters. The molecule has 1 aliphatic rings.